The van der Waals surface area contributed by atoms with Crippen LogP contribution in [0.25, 0.3) is 0 Å². The molecule has 13 heteroatoms. The second-order valence-corrected chi connectivity index (χ2v) is 14.6. The highest BCUT2D eigenvalue weighted by Crippen LogP contribution is 2.26. The van der Waals surface area contributed by atoms with Crippen LogP contribution in [0.1, 0.15) is 162 Å². The first kappa shape index (κ1) is 46.1. The first-order valence-electron chi connectivity index (χ1n) is 19.3. The molecule has 0 aromatic heterocycles. The van der Waals surface area contributed by atoms with Gasteiger partial charge in [-0.3, -0.25) is 9.35 Å². The van der Waals surface area contributed by atoms with E-state index in [4.69, 9.17) is 23.5 Å². The monoisotopic (exact) mass is 726 g/mol. The third-order valence-corrected chi connectivity index (χ3v) is 9.44. The minimum absolute atomic E-state index is 0.0401. The van der Waals surface area contributed by atoms with E-state index in [2.05, 4.69) is 11.1 Å². The molecule has 0 saturated carbocycles. The van der Waals surface area contributed by atoms with Gasteiger partial charge in [-0.2, -0.15) is 8.42 Å². The predicted molar refractivity (Wildman–Crippen MR) is 188 cm³/mol. The van der Waals surface area contributed by atoms with Gasteiger partial charge in [-0.25, -0.2) is 4.18 Å². The Hall–Kier alpha value is -0.900. The molecule has 12 nitrogen and oxygen atoms in total. The van der Waals surface area contributed by atoms with Crippen LogP contribution >= 0.6 is 0 Å². The lowest BCUT2D eigenvalue weighted by Crippen LogP contribution is -2.60. The molecule has 1 saturated heterocycles. The van der Waals surface area contributed by atoms with Gasteiger partial charge >= 0.3 is 16.4 Å². The number of carbonyl (C=O) groups is 1. The first-order chi connectivity index (χ1) is 23.6. The number of esters is 1. The van der Waals surface area contributed by atoms with Crippen molar-refractivity contribution in [2.75, 3.05) is 26.4 Å². The molecule has 292 valence electrons. The van der Waals surface area contributed by atoms with Gasteiger partial charge in [-0.05, 0) is 12.8 Å². The number of carbonyl (C=O) groups excluding carboxylic acids is 1. The minimum atomic E-state index is -5.04. The smallest absolute Gasteiger partial charge is 0.397 e. The third-order valence-electron chi connectivity index (χ3n) is 8.98. The summed E-state index contributed by atoms with van der Waals surface area (Å²) in [5, 5.41) is 30.3. The molecule has 1 heterocycles. The molecule has 4 N–H and O–H groups in total. The summed E-state index contributed by atoms with van der Waals surface area (Å²) in [6.07, 6.45) is 18.2. The van der Waals surface area contributed by atoms with Crippen LogP contribution in [0.15, 0.2) is 0 Å². The molecule has 1 aliphatic rings. The fraction of sp³-hybridized carbons (Fsp3) is 0.972. The number of hydrogen-bond donors (Lipinski definition) is 4. The summed E-state index contributed by atoms with van der Waals surface area (Å²) < 4.78 is 58.3. The summed E-state index contributed by atoms with van der Waals surface area (Å²) in [4.78, 5) is 12.4. The van der Waals surface area contributed by atoms with Gasteiger partial charge in [0.25, 0.3) is 0 Å². The molecule has 0 aromatic carbocycles. The van der Waals surface area contributed by atoms with Gasteiger partial charge < -0.3 is 34.3 Å². The van der Waals surface area contributed by atoms with Crippen molar-refractivity contribution >= 4 is 16.4 Å². The van der Waals surface area contributed by atoms with Gasteiger partial charge in [-0.15, -0.1) is 0 Å². The second-order valence-electron chi connectivity index (χ2n) is 13.5. The second kappa shape index (κ2) is 29.7. The predicted octanol–water partition coefficient (Wildman–Crippen LogP) is 6.57. The number of aliphatic hydroxyl groups is 3. The minimum Gasteiger partial charge on any atom is -0.457 e. The van der Waals surface area contributed by atoms with Crippen LogP contribution in [0, 0.1) is 0 Å². The van der Waals surface area contributed by atoms with E-state index < -0.39 is 59.8 Å². The van der Waals surface area contributed by atoms with Crippen LogP contribution < -0.4 is 0 Å². The average molecular weight is 727 g/mol. The van der Waals surface area contributed by atoms with Crippen LogP contribution in [0.2, 0.25) is 0 Å². The van der Waals surface area contributed by atoms with Crippen molar-refractivity contribution in [2.45, 2.75) is 198 Å². The molecule has 0 aromatic rings. The maximum Gasteiger partial charge on any atom is 0.397 e. The van der Waals surface area contributed by atoms with Crippen molar-refractivity contribution in [3.63, 3.8) is 0 Å². The Morgan fingerprint density at radius 2 is 1.16 bits per heavy atom. The molecule has 6 unspecified atom stereocenters. The van der Waals surface area contributed by atoms with Crippen LogP contribution in [-0.2, 0) is 38.3 Å². The molecule has 0 bridgehead atoms. The van der Waals surface area contributed by atoms with Gasteiger partial charge in [-0.1, -0.05) is 142 Å². The first-order valence-corrected chi connectivity index (χ1v) is 20.7. The Morgan fingerprint density at radius 1 is 0.694 bits per heavy atom. The Balaban J connectivity index is 2.27. The largest absolute Gasteiger partial charge is 0.457 e. The summed E-state index contributed by atoms with van der Waals surface area (Å²) in [6.45, 7) is 3.81. The van der Waals surface area contributed by atoms with Gasteiger partial charge in [0.15, 0.2) is 6.29 Å². The summed E-state index contributed by atoms with van der Waals surface area (Å²) in [5.74, 6) is -0.421. The lowest BCUT2D eigenvalue weighted by atomic mass is 9.99. The number of aliphatic hydroxyl groups excluding tert-OH is 3. The van der Waals surface area contributed by atoms with E-state index in [1.165, 1.54) is 103 Å². The standard InChI is InChI=1S/C36H70O12S/c1-3-5-7-8-9-10-11-12-13-14-15-16-17-18-19-20-21-22-24-26-44-28-30(46-32(38)25-23-6-4-2)29-45-36-34(40)35(48-49(41,42)43)33(39)31(27-37)47-36/h30-31,33-37,39-40H,3-29H2,1-2H3,(H,41,42,43). The number of rotatable bonds is 33. The molecule has 0 spiro atoms. The molecule has 1 aliphatic heterocycles. The van der Waals surface area contributed by atoms with E-state index >= 15 is 0 Å². The summed E-state index contributed by atoms with van der Waals surface area (Å²) in [6, 6.07) is 0. The zero-order valence-electron chi connectivity index (χ0n) is 30.5. The Bertz CT molecular complexity index is 889. The normalized spacial score (nSPS) is 22.0. The van der Waals surface area contributed by atoms with E-state index in [9.17, 15) is 28.5 Å². The molecular formula is C36H70O12S. The highest BCUT2D eigenvalue weighted by atomic mass is 32.3. The summed E-state index contributed by atoms with van der Waals surface area (Å²) in [5.41, 5.74) is 0. The van der Waals surface area contributed by atoms with Crippen LogP contribution in [-0.4, -0.2) is 97.5 Å². The third kappa shape index (κ3) is 24.1. The maximum atomic E-state index is 12.4. The van der Waals surface area contributed by atoms with Gasteiger partial charge in [0.1, 0.15) is 30.5 Å². The van der Waals surface area contributed by atoms with Crippen molar-refractivity contribution in [3.8, 4) is 0 Å². The molecule has 0 amide bonds. The summed E-state index contributed by atoms with van der Waals surface area (Å²) >= 11 is 0. The van der Waals surface area contributed by atoms with Crippen LogP contribution in [0.4, 0.5) is 0 Å². The van der Waals surface area contributed by atoms with Crippen molar-refractivity contribution in [3.05, 3.63) is 0 Å². The Kier molecular flexibility index (Phi) is 27.9. The number of hydrogen-bond acceptors (Lipinski definition) is 11. The lowest BCUT2D eigenvalue weighted by molar-refractivity contribution is -0.301. The van der Waals surface area contributed by atoms with Crippen molar-refractivity contribution in [2.24, 2.45) is 0 Å². The van der Waals surface area contributed by atoms with E-state index in [0.29, 0.717) is 13.0 Å². The zero-order valence-corrected chi connectivity index (χ0v) is 31.3. The van der Waals surface area contributed by atoms with Gasteiger partial charge in [0, 0.05) is 13.0 Å². The van der Waals surface area contributed by atoms with Crippen LogP contribution in [0.3, 0.4) is 0 Å². The fourth-order valence-electron chi connectivity index (χ4n) is 6.02. The molecule has 49 heavy (non-hydrogen) atoms. The average Bonchev–Trinajstić information content (AvgIpc) is 3.06. The SMILES string of the molecule is CCCCCCCCCCCCCCCCCCCCCOCC(COC1OC(CO)C(O)C(OS(=O)(=O)O)C1O)OC(=O)CCCCC. The molecule has 6 atom stereocenters. The molecule has 0 radical (unpaired) electrons. The van der Waals surface area contributed by atoms with Crippen molar-refractivity contribution in [1.29, 1.82) is 0 Å². The number of unbranched alkanes of at least 4 members (excludes halogenated alkanes) is 20. The van der Waals surface area contributed by atoms with E-state index in [1.54, 1.807) is 0 Å². The van der Waals surface area contributed by atoms with Crippen molar-refractivity contribution < 1.29 is 56.2 Å². The van der Waals surface area contributed by atoms with Gasteiger partial charge in [0.05, 0.1) is 19.8 Å². The lowest BCUT2D eigenvalue weighted by Gasteiger charge is -2.41. The van der Waals surface area contributed by atoms with Crippen LogP contribution in [0.5, 0.6) is 0 Å². The maximum absolute atomic E-state index is 12.4. The molecule has 1 fully saturated rings. The van der Waals surface area contributed by atoms with E-state index in [-0.39, 0.29) is 19.6 Å². The quantitative estimate of drug-likeness (QED) is 0.0325. The van der Waals surface area contributed by atoms with E-state index in [1.807, 2.05) is 6.92 Å². The molecular weight excluding hydrogens is 656 g/mol. The highest BCUT2D eigenvalue weighted by Gasteiger charge is 2.48. The molecule has 0 aliphatic carbocycles. The Morgan fingerprint density at radius 3 is 1.63 bits per heavy atom. The zero-order chi connectivity index (χ0) is 36.2. The van der Waals surface area contributed by atoms with Gasteiger partial charge in [0.2, 0.25) is 0 Å². The highest BCUT2D eigenvalue weighted by molar-refractivity contribution is 7.80. The fourth-order valence-corrected chi connectivity index (χ4v) is 6.53. The summed E-state index contributed by atoms with van der Waals surface area (Å²) in [7, 11) is -5.04. The molecule has 1 rings (SSSR count). The number of ether oxygens (including phenoxy) is 4. The van der Waals surface area contributed by atoms with Crippen molar-refractivity contribution in [1.82, 2.24) is 0 Å². The topological polar surface area (TPSA) is 178 Å². The Labute approximate surface area is 296 Å². The van der Waals surface area contributed by atoms with E-state index in [0.717, 1.165) is 32.1 Å².